The van der Waals surface area contributed by atoms with E-state index >= 15 is 0 Å². The molecule has 0 fully saturated rings. The Bertz CT molecular complexity index is 625. The zero-order valence-electron chi connectivity index (χ0n) is 11.8. The zero-order chi connectivity index (χ0) is 16.0. The number of hydrogen-bond donors (Lipinski definition) is 2. The second-order valence-corrected chi connectivity index (χ2v) is 6.63. The van der Waals surface area contributed by atoms with Gasteiger partial charge in [-0.2, -0.15) is 0 Å². The Balaban J connectivity index is 2.98. The third-order valence-electron chi connectivity index (χ3n) is 2.72. The molecule has 1 unspecified atom stereocenters. The molecule has 0 aliphatic heterocycles. The van der Waals surface area contributed by atoms with E-state index in [2.05, 4.69) is 4.98 Å². The van der Waals surface area contributed by atoms with Crippen LogP contribution in [0.25, 0.3) is 6.08 Å². The molecule has 1 rings (SSSR count). The number of nitrogens with zero attached hydrogens (tertiary/aromatic N) is 2. The summed E-state index contributed by atoms with van der Waals surface area (Å²) in [4.78, 5) is 14.2. The van der Waals surface area contributed by atoms with E-state index < -0.39 is 22.1 Å². The summed E-state index contributed by atoms with van der Waals surface area (Å²) in [5.74, 6) is -1.13. The summed E-state index contributed by atoms with van der Waals surface area (Å²) >= 11 is 0. The Hall–Kier alpha value is -1.77. The van der Waals surface area contributed by atoms with Crippen LogP contribution in [0.15, 0.2) is 29.4 Å². The van der Waals surface area contributed by atoms with Gasteiger partial charge in [0.15, 0.2) is 0 Å². The summed E-state index contributed by atoms with van der Waals surface area (Å²) in [5.41, 5.74) is 0.377. The fourth-order valence-corrected chi connectivity index (χ4v) is 2.69. The molecule has 8 heteroatoms. The molecule has 0 radical (unpaired) electrons. The van der Waals surface area contributed by atoms with E-state index in [-0.39, 0.29) is 11.4 Å². The number of hydrogen-bond acceptors (Lipinski definition) is 5. The maximum absolute atomic E-state index is 12.3. The molecule has 0 amide bonds. The monoisotopic (exact) mass is 314 g/mol. The lowest BCUT2D eigenvalue weighted by Crippen LogP contribution is -2.29. The highest BCUT2D eigenvalue weighted by atomic mass is 32.2. The van der Waals surface area contributed by atoms with Gasteiger partial charge in [0.2, 0.25) is 10.0 Å². The second kappa shape index (κ2) is 7.30. The summed E-state index contributed by atoms with van der Waals surface area (Å²) in [6.07, 6.45) is 4.47. The minimum Gasteiger partial charge on any atom is -0.478 e. The van der Waals surface area contributed by atoms with E-state index in [4.69, 9.17) is 5.11 Å². The summed E-state index contributed by atoms with van der Waals surface area (Å²) in [7, 11) is -2.30. The van der Waals surface area contributed by atoms with E-state index in [1.165, 1.54) is 31.6 Å². The van der Waals surface area contributed by atoms with Gasteiger partial charge in [0.25, 0.3) is 0 Å². The first-order valence-corrected chi connectivity index (χ1v) is 7.68. The minimum atomic E-state index is -3.72. The van der Waals surface area contributed by atoms with Gasteiger partial charge in [-0.1, -0.05) is 0 Å². The van der Waals surface area contributed by atoms with Gasteiger partial charge in [-0.05, 0) is 31.1 Å². The van der Waals surface area contributed by atoms with Crippen molar-refractivity contribution in [3.05, 3.63) is 30.1 Å². The van der Waals surface area contributed by atoms with Crippen molar-refractivity contribution in [2.45, 2.75) is 24.3 Å². The first-order valence-electron chi connectivity index (χ1n) is 6.24. The van der Waals surface area contributed by atoms with Gasteiger partial charge in [0.1, 0.15) is 4.90 Å². The number of aliphatic carboxylic acids is 1. The van der Waals surface area contributed by atoms with Crippen molar-refractivity contribution in [3.63, 3.8) is 0 Å². The molecule has 0 aromatic carbocycles. The normalized spacial score (nSPS) is 13.7. The lowest BCUT2D eigenvalue weighted by Gasteiger charge is -2.17. The van der Waals surface area contributed by atoms with Crippen LogP contribution in [-0.4, -0.2) is 53.6 Å². The molecular formula is C13H18N2O5S. The van der Waals surface area contributed by atoms with Gasteiger partial charge in [-0.3, -0.25) is 4.98 Å². The number of aliphatic hydroxyl groups excluding tert-OH is 1. The predicted molar refractivity (Wildman–Crippen MR) is 77.0 cm³/mol. The fraction of sp³-hybridized carbons (Fsp3) is 0.385. The second-order valence-electron chi connectivity index (χ2n) is 4.59. The van der Waals surface area contributed by atoms with E-state index in [0.29, 0.717) is 12.0 Å². The maximum atomic E-state index is 12.3. The molecule has 0 saturated carbocycles. The fourth-order valence-electron chi connectivity index (χ4n) is 1.50. The topological polar surface area (TPSA) is 108 Å². The lowest BCUT2D eigenvalue weighted by atomic mass is 10.2. The summed E-state index contributed by atoms with van der Waals surface area (Å²) in [6.45, 7) is 1.76. The predicted octanol–water partition coefficient (Wildman–Crippen LogP) is 0.571. The Labute approximate surface area is 123 Å². The Kier molecular flexibility index (Phi) is 6.01. The van der Waals surface area contributed by atoms with Crippen LogP contribution < -0.4 is 0 Å². The zero-order valence-corrected chi connectivity index (χ0v) is 12.6. The van der Waals surface area contributed by atoms with Crippen LogP contribution >= 0.6 is 0 Å². The standard InChI is InChI=1S/C13H18N2O5S/c1-10(16)5-6-15(2)21(19,20)12-7-11(8-14-9-12)3-4-13(17)18/h3-4,7-10,16H,5-6H2,1-2H3,(H,17,18)/b4-3+. The van der Waals surface area contributed by atoms with Crippen molar-refractivity contribution < 1.29 is 23.4 Å². The molecular weight excluding hydrogens is 296 g/mol. The Morgan fingerprint density at radius 1 is 1.48 bits per heavy atom. The van der Waals surface area contributed by atoms with Crippen molar-refractivity contribution in [1.82, 2.24) is 9.29 Å². The quantitative estimate of drug-likeness (QED) is 0.712. The van der Waals surface area contributed by atoms with Gasteiger partial charge >= 0.3 is 5.97 Å². The third kappa shape index (κ3) is 5.25. The van der Waals surface area contributed by atoms with E-state index in [0.717, 1.165) is 10.4 Å². The number of aliphatic hydroxyl groups is 1. The molecule has 7 nitrogen and oxygen atoms in total. The highest BCUT2D eigenvalue weighted by Crippen LogP contribution is 2.16. The van der Waals surface area contributed by atoms with Crippen molar-refractivity contribution >= 4 is 22.1 Å². The van der Waals surface area contributed by atoms with Crippen molar-refractivity contribution in [2.75, 3.05) is 13.6 Å². The summed E-state index contributed by atoms with van der Waals surface area (Å²) in [5, 5.41) is 17.8. The summed E-state index contributed by atoms with van der Waals surface area (Å²) < 4.78 is 25.7. The number of carboxylic acid groups (broad SMARTS) is 1. The van der Waals surface area contributed by atoms with E-state index in [1.807, 2.05) is 0 Å². The largest absolute Gasteiger partial charge is 0.478 e. The molecule has 0 bridgehead atoms. The van der Waals surface area contributed by atoms with Crippen LogP contribution in [0.5, 0.6) is 0 Å². The molecule has 0 aliphatic rings. The number of carbonyl (C=O) groups is 1. The molecule has 0 spiro atoms. The summed E-state index contributed by atoms with van der Waals surface area (Å²) in [6, 6.07) is 1.35. The molecule has 2 N–H and O–H groups in total. The average Bonchev–Trinajstić information content (AvgIpc) is 2.42. The van der Waals surface area contributed by atoms with E-state index in [9.17, 15) is 18.3 Å². The van der Waals surface area contributed by atoms with Crippen LogP contribution in [0.4, 0.5) is 0 Å². The first-order chi connectivity index (χ1) is 9.73. The average molecular weight is 314 g/mol. The number of carboxylic acids is 1. The van der Waals surface area contributed by atoms with Crippen LogP contribution in [0.3, 0.4) is 0 Å². The Morgan fingerprint density at radius 2 is 2.14 bits per heavy atom. The van der Waals surface area contributed by atoms with Crippen LogP contribution in [0, 0.1) is 0 Å². The Morgan fingerprint density at radius 3 is 2.71 bits per heavy atom. The van der Waals surface area contributed by atoms with E-state index in [1.54, 1.807) is 6.92 Å². The first kappa shape index (κ1) is 17.3. The van der Waals surface area contributed by atoms with Gasteiger partial charge in [-0.25, -0.2) is 17.5 Å². The third-order valence-corrected chi connectivity index (χ3v) is 4.54. The minimum absolute atomic E-state index is 0.0249. The molecule has 1 heterocycles. The maximum Gasteiger partial charge on any atom is 0.328 e. The smallest absolute Gasteiger partial charge is 0.328 e. The van der Waals surface area contributed by atoms with Crippen molar-refractivity contribution in [2.24, 2.45) is 0 Å². The SMILES string of the molecule is CC(O)CCN(C)S(=O)(=O)c1cncc(/C=C/C(=O)O)c1. The van der Waals surface area contributed by atoms with Crippen molar-refractivity contribution in [3.8, 4) is 0 Å². The lowest BCUT2D eigenvalue weighted by molar-refractivity contribution is -0.131. The molecule has 21 heavy (non-hydrogen) atoms. The molecule has 0 saturated heterocycles. The number of pyridine rings is 1. The van der Waals surface area contributed by atoms with Crippen LogP contribution in [0.2, 0.25) is 0 Å². The molecule has 1 atom stereocenters. The number of rotatable bonds is 7. The molecule has 0 aliphatic carbocycles. The number of aromatic nitrogens is 1. The van der Waals surface area contributed by atoms with Crippen LogP contribution in [0.1, 0.15) is 18.9 Å². The van der Waals surface area contributed by atoms with Crippen molar-refractivity contribution in [1.29, 1.82) is 0 Å². The molecule has 1 aromatic heterocycles. The highest BCUT2D eigenvalue weighted by molar-refractivity contribution is 7.89. The van der Waals surface area contributed by atoms with Gasteiger partial charge in [0.05, 0.1) is 6.10 Å². The molecule has 1 aromatic rings. The molecule has 116 valence electrons. The van der Waals surface area contributed by atoms with Gasteiger partial charge in [0, 0.05) is 32.1 Å². The van der Waals surface area contributed by atoms with Gasteiger partial charge < -0.3 is 10.2 Å². The number of sulfonamides is 1. The highest BCUT2D eigenvalue weighted by Gasteiger charge is 2.21. The van der Waals surface area contributed by atoms with Gasteiger partial charge in [-0.15, -0.1) is 0 Å². The van der Waals surface area contributed by atoms with Crippen LogP contribution in [-0.2, 0) is 14.8 Å².